The molecule has 0 aliphatic rings. The maximum atomic E-state index is 3.53. The molecule has 0 radical (unpaired) electrons. The van der Waals surface area contributed by atoms with Crippen molar-refractivity contribution < 1.29 is 0 Å². The number of benzene rings is 1. The molecule has 0 amide bonds. The fourth-order valence-corrected chi connectivity index (χ4v) is 2.02. The zero-order valence-electron chi connectivity index (χ0n) is 9.97. The van der Waals surface area contributed by atoms with Gasteiger partial charge in [0.15, 0.2) is 0 Å². The van der Waals surface area contributed by atoms with Gasteiger partial charge in [0.2, 0.25) is 0 Å². The van der Waals surface area contributed by atoms with E-state index in [0.717, 1.165) is 0 Å². The standard InChI is InChI=1S/C13H20BrN/c1-9(2)7-13(15-4)11-5-6-12(14)10(3)8-11/h5-6,8-9,13,15H,7H2,1-4H3. The van der Waals surface area contributed by atoms with Gasteiger partial charge in [0.1, 0.15) is 0 Å². The van der Waals surface area contributed by atoms with E-state index in [0.29, 0.717) is 12.0 Å². The Hall–Kier alpha value is -0.340. The minimum Gasteiger partial charge on any atom is -0.313 e. The Kier molecular flexibility index (Phi) is 4.81. The smallest absolute Gasteiger partial charge is 0.0320 e. The van der Waals surface area contributed by atoms with Crippen LogP contribution >= 0.6 is 15.9 Å². The molecule has 0 saturated heterocycles. The Labute approximate surface area is 101 Å². The van der Waals surface area contributed by atoms with E-state index in [1.165, 1.54) is 22.0 Å². The monoisotopic (exact) mass is 269 g/mol. The van der Waals surface area contributed by atoms with Gasteiger partial charge in [-0.15, -0.1) is 0 Å². The topological polar surface area (TPSA) is 12.0 Å². The fraction of sp³-hybridized carbons (Fsp3) is 0.538. The highest BCUT2D eigenvalue weighted by molar-refractivity contribution is 9.10. The van der Waals surface area contributed by atoms with E-state index in [-0.39, 0.29) is 0 Å². The molecule has 0 heterocycles. The van der Waals surface area contributed by atoms with E-state index >= 15 is 0 Å². The number of aryl methyl sites for hydroxylation is 1. The van der Waals surface area contributed by atoms with Crippen molar-refractivity contribution in [3.8, 4) is 0 Å². The molecule has 1 aromatic carbocycles. The molecular formula is C13H20BrN. The van der Waals surface area contributed by atoms with Gasteiger partial charge in [0.25, 0.3) is 0 Å². The summed E-state index contributed by atoms with van der Waals surface area (Å²) >= 11 is 3.53. The van der Waals surface area contributed by atoms with Crippen LogP contribution in [0.2, 0.25) is 0 Å². The highest BCUT2D eigenvalue weighted by atomic mass is 79.9. The van der Waals surface area contributed by atoms with Gasteiger partial charge in [-0.05, 0) is 43.5 Å². The maximum Gasteiger partial charge on any atom is 0.0320 e. The Morgan fingerprint density at radius 3 is 2.47 bits per heavy atom. The average molecular weight is 270 g/mol. The minimum absolute atomic E-state index is 0.469. The lowest BCUT2D eigenvalue weighted by molar-refractivity contribution is 0.456. The van der Waals surface area contributed by atoms with Gasteiger partial charge >= 0.3 is 0 Å². The lowest BCUT2D eigenvalue weighted by Gasteiger charge is -2.19. The minimum atomic E-state index is 0.469. The van der Waals surface area contributed by atoms with Crippen LogP contribution in [-0.4, -0.2) is 7.05 Å². The first-order valence-electron chi connectivity index (χ1n) is 5.48. The second-order valence-electron chi connectivity index (χ2n) is 4.48. The summed E-state index contributed by atoms with van der Waals surface area (Å²) in [5.41, 5.74) is 2.68. The van der Waals surface area contributed by atoms with Gasteiger partial charge in [-0.3, -0.25) is 0 Å². The summed E-state index contributed by atoms with van der Waals surface area (Å²) in [6.45, 7) is 6.65. The summed E-state index contributed by atoms with van der Waals surface area (Å²) < 4.78 is 1.19. The zero-order chi connectivity index (χ0) is 11.4. The molecule has 0 aromatic heterocycles. The lowest BCUT2D eigenvalue weighted by Crippen LogP contribution is -2.18. The first kappa shape index (κ1) is 12.7. The van der Waals surface area contributed by atoms with Crippen LogP contribution in [0.3, 0.4) is 0 Å². The van der Waals surface area contributed by atoms with Gasteiger partial charge in [0.05, 0.1) is 0 Å². The first-order chi connectivity index (χ1) is 7.04. The molecule has 1 nitrogen and oxygen atoms in total. The van der Waals surface area contributed by atoms with Crippen LogP contribution in [0.25, 0.3) is 0 Å². The van der Waals surface area contributed by atoms with Crippen LogP contribution in [0.5, 0.6) is 0 Å². The lowest BCUT2D eigenvalue weighted by atomic mass is 9.96. The molecule has 2 heteroatoms. The normalized spacial score (nSPS) is 13.2. The van der Waals surface area contributed by atoms with Crippen LogP contribution in [-0.2, 0) is 0 Å². The van der Waals surface area contributed by atoms with Crippen LogP contribution in [0.15, 0.2) is 22.7 Å². The van der Waals surface area contributed by atoms with Crippen molar-refractivity contribution in [2.24, 2.45) is 5.92 Å². The third-order valence-electron chi connectivity index (χ3n) is 2.64. The molecule has 0 aliphatic carbocycles. The Morgan fingerprint density at radius 1 is 1.33 bits per heavy atom. The summed E-state index contributed by atoms with van der Waals surface area (Å²) in [6.07, 6.45) is 1.18. The highest BCUT2D eigenvalue weighted by Gasteiger charge is 2.11. The first-order valence-corrected chi connectivity index (χ1v) is 6.27. The summed E-state index contributed by atoms with van der Waals surface area (Å²) in [5, 5.41) is 3.38. The van der Waals surface area contributed by atoms with E-state index in [9.17, 15) is 0 Å². The molecule has 1 N–H and O–H groups in total. The van der Waals surface area contributed by atoms with E-state index in [1.807, 2.05) is 7.05 Å². The highest BCUT2D eigenvalue weighted by Crippen LogP contribution is 2.25. The summed E-state index contributed by atoms with van der Waals surface area (Å²) in [7, 11) is 2.03. The molecule has 1 atom stereocenters. The van der Waals surface area contributed by atoms with E-state index in [2.05, 4.69) is 60.2 Å². The van der Waals surface area contributed by atoms with E-state index in [4.69, 9.17) is 0 Å². The van der Waals surface area contributed by atoms with Crippen LogP contribution in [0.4, 0.5) is 0 Å². The second-order valence-corrected chi connectivity index (χ2v) is 5.33. The predicted molar refractivity (Wildman–Crippen MR) is 70.1 cm³/mol. The number of hydrogen-bond donors (Lipinski definition) is 1. The van der Waals surface area contributed by atoms with Crippen molar-refractivity contribution in [3.63, 3.8) is 0 Å². The molecule has 0 aliphatic heterocycles. The number of hydrogen-bond acceptors (Lipinski definition) is 1. The molecule has 84 valence electrons. The SMILES string of the molecule is CNC(CC(C)C)c1ccc(Br)c(C)c1. The average Bonchev–Trinajstić information content (AvgIpc) is 2.18. The van der Waals surface area contributed by atoms with Gasteiger partial charge in [-0.25, -0.2) is 0 Å². The van der Waals surface area contributed by atoms with Crippen molar-refractivity contribution in [3.05, 3.63) is 33.8 Å². The summed E-state index contributed by atoms with van der Waals surface area (Å²) in [5.74, 6) is 0.714. The van der Waals surface area contributed by atoms with Crippen LogP contribution in [0.1, 0.15) is 37.4 Å². The van der Waals surface area contributed by atoms with E-state index < -0.39 is 0 Å². The van der Waals surface area contributed by atoms with Gasteiger partial charge in [-0.2, -0.15) is 0 Å². The Balaban J connectivity index is 2.87. The van der Waals surface area contributed by atoms with Crippen molar-refractivity contribution in [2.75, 3.05) is 7.05 Å². The van der Waals surface area contributed by atoms with Gasteiger partial charge < -0.3 is 5.32 Å². The van der Waals surface area contributed by atoms with Crippen LogP contribution in [0, 0.1) is 12.8 Å². The molecule has 1 rings (SSSR count). The van der Waals surface area contributed by atoms with Gasteiger partial charge in [0, 0.05) is 10.5 Å². The molecule has 0 bridgehead atoms. The summed E-state index contributed by atoms with van der Waals surface area (Å²) in [6, 6.07) is 7.06. The zero-order valence-corrected chi connectivity index (χ0v) is 11.6. The molecule has 15 heavy (non-hydrogen) atoms. The molecule has 1 aromatic rings. The fourth-order valence-electron chi connectivity index (χ4n) is 1.78. The van der Waals surface area contributed by atoms with Crippen molar-refractivity contribution in [2.45, 2.75) is 33.2 Å². The molecule has 0 fully saturated rings. The van der Waals surface area contributed by atoms with Gasteiger partial charge in [-0.1, -0.05) is 41.9 Å². The third-order valence-corrected chi connectivity index (χ3v) is 3.53. The number of nitrogens with one attached hydrogen (secondary N) is 1. The quantitative estimate of drug-likeness (QED) is 0.869. The summed E-state index contributed by atoms with van der Waals surface area (Å²) in [4.78, 5) is 0. The van der Waals surface area contributed by atoms with Crippen LogP contribution < -0.4 is 5.32 Å². The van der Waals surface area contributed by atoms with E-state index in [1.54, 1.807) is 0 Å². The molecule has 0 saturated carbocycles. The van der Waals surface area contributed by atoms with Crippen molar-refractivity contribution in [1.29, 1.82) is 0 Å². The van der Waals surface area contributed by atoms with Crippen molar-refractivity contribution in [1.82, 2.24) is 5.32 Å². The predicted octanol–water partition coefficient (Wildman–Crippen LogP) is 4.06. The molecule has 1 unspecified atom stereocenters. The second kappa shape index (κ2) is 5.66. The number of rotatable bonds is 4. The largest absolute Gasteiger partial charge is 0.313 e. The molecule has 0 spiro atoms. The Morgan fingerprint density at radius 2 is 2.00 bits per heavy atom. The third kappa shape index (κ3) is 3.62. The van der Waals surface area contributed by atoms with Crippen molar-refractivity contribution >= 4 is 15.9 Å². The maximum absolute atomic E-state index is 3.53. The number of halogens is 1. The molecular weight excluding hydrogens is 250 g/mol. The Bertz CT molecular complexity index is 320.